The predicted molar refractivity (Wildman–Crippen MR) is 150 cm³/mol. The quantitative estimate of drug-likeness (QED) is 0.143. The summed E-state index contributed by atoms with van der Waals surface area (Å²) in [5.41, 5.74) is 9.68. The van der Waals surface area contributed by atoms with Crippen molar-refractivity contribution in [2.45, 2.75) is 51.2 Å². The molecular weight excluding hydrogens is 498 g/mol. The monoisotopic (exact) mass is 531 g/mol. The summed E-state index contributed by atoms with van der Waals surface area (Å²) in [5.74, 6) is 0.336. The van der Waals surface area contributed by atoms with E-state index < -0.39 is 6.23 Å². The third-order valence-corrected chi connectivity index (χ3v) is 6.79. The first-order chi connectivity index (χ1) is 18.6. The fourth-order valence-electron chi connectivity index (χ4n) is 4.02. The Balaban J connectivity index is 1.14. The van der Waals surface area contributed by atoms with Crippen molar-refractivity contribution in [3.8, 4) is 0 Å². The highest BCUT2D eigenvalue weighted by Gasteiger charge is 2.11. The van der Waals surface area contributed by atoms with Crippen molar-refractivity contribution in [3.63, 3.8) is 0 Å². The first-order valence-electron chi connectivity index (χ1n) is 12.8. The van der Waals surface area contributed by atoms with Gasteiger partial charge in [-0.2, -0.15) is 5.10 Å². The van der Waals surface area contributed by atoms with Crippen LogP contribution in [0.3, 0.4) is 0 Å². The van der Waals surface area contributed by atoms with Gasteiger partial charge in [-0.3, -0.25) is 4.79 Å². The summed E-state index contributed by atoms with van der Waals surface area (Å²) in [6.45, 7) is 0.604. The summed E-state index contributed by atoms with van der Waals surface area (Å²) in [7, 11) is 0. The van der Waals surface area contributed by atoms with E-state index in [-0.39, 0.29) is 5.91 Å². The van der Waals surface area contributed by atoms with Crippen LogP contribution in [-0.2, 0) is 36.9 Å². The molecule has 10 heteroatoms. The number of aliphatic hydroxyl groups excluding tert-OH is 1. The number of anilines is 2. The Morgan fingerprint density at radius 1 is 0.868 bits per heavy atom. The SMILES string of the molecule is NCCc1cccc(CC(O)Nc2nnc(CCCCc3ccc(NC(=O)Cc4ccccc4)nn3)s2)c1. The molecule has 0 aliphatic rings. The highest BCUT2D eigenvalue weighted by Crippen LogP contribution is 2.19. The summed E-state index contributed by atoms with van der Waals surface area (Å²) in [5, 5.41) is 34.6. The van der Waals surface area contributed by atoms with Crippen LogP contribution in [-0.4, -0.2) is 44.2 Å². The van der Waals surface area contributed by atoms with E-state index in [9.17, 15) is 9.90 Å². The number of nitrogens with two attached hydrogens (primary N) is 1. The second kappa shape index (κ2) is 14.3. The maximum Gasteiger partial charge on any atom is 0.229 e. The summed E-state index contributed by atoms with van der Waals surface area (Å²) >= 11 is 1.46. The lowest BCUT2D eigenvalue weighted by Gasteiger charge is -2.12. The van der Waals surface area contributed by atoms with Gasteiger partial charge in [-0.05, 0) is 61.1 Å². The molecule has 9 nitrogen and oxygen atoms in total. The molecule has 5 N–H and O–H groups in total. The zero-order chi connectivity index (χ0) is 26.6. The predicted octanol–water partition coefficient (Wildman–Crippen LogP) is 3.55. The molecule has 198 valence electrons. The molecule has 0 spiro atoms. The van der Waals surface area contributed by atoms with Crippen LogP contribution < -0.4 is 16.4 Å². The largest absolute Gasteiger partial charge is 0.373 e. The number of amides is 1. The van der Waals surface area contributed by atoms with Crippen molar-refractivity contribution in [1.82, 2.24) is 20.4 Å². The normalized spacial score (nSPS) is 11.7. The van der Waals surface area contributed by atoms with Crippen LogP contribution in [0.4, 0.5) is 10.9 Å². The second-order valence-corrected chi connectivity index (χ2v) is 10.1. The van der Waals surface area contributed by atoms with Gasteiger partial charge in [-0.25, -0.2) is 0 Å². The van der Waals surface area contributed by atoms with Crippen molar-refractivity contribution < 1.29 is 9.90 Å². The van der Waals surface area contributed by atoms with Crippen molar-refractivity contribution in [1.29, 1.82) is 0 Å². The second-order valence-electron chi connectivity index (χ2n) is 9.05. The molecule has 4 aromatic rings. The lowest BCUT2D eigenvalue weighted by Crippen LogP contribution is -2.21. The Hall–Kier alpha value is -3.73. The number of unbranched alkanes of at least 4 members (excludes halogenated alkanes) is 1. The van der Waals surface area contributed by atoms with Gasteiger partial charge in [0.05, 0.1) is 12.1 Å². The lowest BCUT2D eigenvalue weighted by molar-refractivity contribution is -0.115. The maximum atomic E-state index is 12.2. The number of aliphatic hydroxyl groups is 1. The van der Waals surface area contributed by atoms with Gasteiger partial charge in [0.1, 0.15) is 11.2 Å². The first kappa shape index (κ1) is 27.3. The van der Waals surface area contributed by atoms with Gasteiger partial charge in [0.15, 0.2) is 5.82 Å². The van der Waals surface area contributed by atoms with E-state index in [4.69, 9.17) is 5.73 Å². The number of benzene rings is 2. The van der Waals surface area contributed by atoms with E-state index in [1.807, 2.05) is 54.6 Å². The summed E-state index contributed by atoms with van der Waals surface area (Å²) in [6, 6.07) is 21.4. The van der Waals surface area contributed by atoms with Crippen LogP contribution in [0.1, 0.15) is 40.2 Å². The Morgan fingerprint density at radius 2 is 1.66 bits per heavy atom. The number of nitrogens with one attached hydrogen (secondary N) is 2. The minimum atomic E-state index is -0.742. The number of rotatable bonds is 14. The maximum absolute atomic E-state index is 12.2. The molecule has 2 heterocycles. The molecule has 1 unspecified atom stereocenters. The Kier molecular flexibility index (Phi) is 10.3. The Bertz CT molecular complexity index is 1280. The van der Waals surface area contributed by atoms with Crippen LogP contribution >= 0.6 is 11.3 Å². The molecule has 2 aromatic carbocycles. The third-order valence-electron chi connectivity index (χ3n) is 5.88. The van der Waals surface area contributed by atoms with E-state index >= 15 is 0 Å². The van der Waals surface area contributed by atoms with Crippen molar-refractivity contribution in [2.75, 3.05) is 17.2 Å². The third kappa shape index (κ3) is 8.98. The van der Waals surface area contributed by atoms with Gasteiger partial charge in [0.25, 0.3) is 0 Å². The van der Waals surface area contributed by atoms with Crippen LogP contribution in [0.5, 0.6) is 0 Å². The number of aryl methyl sites for hydroxylation is 2. The smallest absolute Gasteiger partial charge is 0.229 e. The van der Waals surface area contributed by atoms with Crippen molar-refractivity contribution in [3.05, 3.63) is 94.1 Å². The fourth-order valence-corrected chi connectivity index (χ4v) is 4.85. The molecule has 0 aliphatic carbocycles. The van der Waals surface area contributed by atoms with Crippen LogP contribution in [0.15, 0.2) is 66.7 Å². The molecule has 0 fully saturated rings. The number of hydrogen-bond acceptors (Lipinski definition) is 9. The number of carbonyl (C=O) groups is 1. The molecule has 0 saturated heterocycles. The Morgan fingerprint density at radius 3 is 2.45 bits per heavy atom. The molecular formula is C28H33N7O2S. The van der Waals surface area contributed by atoms with Gasteiger partial charge in [0.2, 0.25) is 11.0 Å². The van der Waals surface area contributed by atoms with E-state index in [1.165, 1.54) is 16.9 Å². The highest BCUT2D eigenvalue weighted by atomic mass is 32.1. The molecule has 1 atom stereocenters. The topological polar surface area (TPSA) is 139 Å². The number of hydrogen-bond donors (Lipinski definition) is 4. The molecule has 0 saturated carbocycles. The van der Waals surface area contributed by atoms with Crippen LogP contribution in [0, 0.1) is 0 Å². The molecule has 0 radical (unpaired) electrons. The van der Waals surface area contributed by atoms with Gasteiger partial charge in [-0.1, -0.05) is 65.9 Å². The lowest BCUT2D eigenvalue weighted by atomic mass is 10.1. The van der Waals surface area contributed by atoms with E-state index in [0.717, 1.165) is 53.9 Å². The van der Waals surface area contributed by atoms with Crippen molar-refractivity contribution >= 4 is 28.2 Å². The minimum Gasteiger partial charge on any atom is -0.373 e. The fraction of sp³-hybridized carbons (Fsp3) is 0.321. The Labute approximate surface area is 226 Å². The van der Waals surface area contributed by atoms with Crippen molar-refractivity contribution in [2.24, 2.45) is 5.73 Å². The van der Waals surface area contributed by atoms with Gasteiger partial charge in [-0.15, -0.1) is 15.3 Å². The molecule has 1 amide bonds. The summed E-state index contributed by atoms with van der Waals surface area (Å²) in [6.07, 6.45) is 4.31. The van der Waals surface area contributed by atoms with Gasteiger partial charge < -0.3 is 21.5 Å². The van der Waals surface area contributed by atoms with E-state index in [1.54, 1.807) is 6.07 Å². The number of nitrogens with zero attached hydrogens (tertiary/aromatic N) is 4. The van der Waals surface area contributed by atoms with Gasteiger partial charge in [0, 0.05) is 12.8 Å². The zero-order valence-corrected chi connectivity index (χ0v) is 22.0. The average molecular weight is 532 g/mol. The van der Waals surface area contributed by atoms with Crippen LogP contribution in [0.2, 0.25) is 0 Å². The summed E-state index contributed by atoms with van der Waals surface area (Å²) < 4.78 is 0. The van der Waals surface area contributed by atoms with Crippen LogP contribution in [0.25, 0.3) is 0 Å². The van der Waals surface area contributed by atoms with E-state index in [0.29, 0.717) is 30.3 Å². The standard InChI is InChI=1S/C28H33N7O2S/c29-16-15-21-9-6-10-22(17-21)19-26(37)31-28-35-34-27(38-28)12-5-4-11-23-13-14-24(33-32-23)30-25(36)18-20-7-2-1-3-8-20/h1-3,6-10,13-14,17,26,37H,4-5,11-12,15-16,18-19,29H2,(H,31,35)(H,30,33,36). The number of carbonyl (C=O) groups excluding carboxylic acids is 1. The molecule has 0 bridgehead atoms. The molecule has 2 aromatic heterocycles. The summed E-state index contributed by atoms with van der Waals surface area (Å²) in [4.78, 5) is 12.2. The molecule has 0 aliphatic heterocycles. The highest BCUT2D eigenvalue weighted by molar-refractivity contribution is 7.15. The minimum absolute atomic E-state index is 0.117. The van der Waals surface area contributed by atoms with E-state index in [2.05, 4.69) is 37.1 Å². The molecule has 4 rings (SSSR count). The van der Waals surface area contributed by atoms with Gasteiger partial charge >= 0.3 is 0 Å². The first-order valence-corrected chi connectivity index (χ1v) is 13.6. The zero-order valence-electron chi connectivity index (χ0n) is 21.2. The average Bonchev–Trinajstić information content (AvgIpc) is 3.35. The number of aromatic nitrogens is 4. The molecule has 38 heavy (non-hydrogen) atoms.